The molecular weight excluding hydrogens is 452 g/mol. The molecule has 12 heteroatoms. The molecule has 0 aliphatic rings. The minimum atomic E-state index is -3.79. The fourth-order valence-corrected chi connectivity index (χ4v) is 3.93. The van der Waals surface area contributed by atoms with Crippen molar-refractivity contribution >= 4 is 38.5 Å². The molecule has 0 saturated carbocycles. The maximum atomic E-state index is 11.5. The Hall–Kier alpha value is -3.80. The van der Waals surface area contributed by atoms with Gasteiger partial charge >= 0.3 is 0 Å². The van der Waals surface area contributed by atoms with Gasteiger partial charge in [0, 0.05) is 16.7 Å². The zero-order valence-electron chi connectivity index (χ0n) is 16.3. The lowest BCUT2D eigenvalue weighted by atomic mass is 10.1. The molecule has 10 nitrogen and oxygen atoms in total. The third-order valence-corrected chi connectivity index (χ3v) is 6.01. The Morgan fingerprint density at radius 2 is 1.66 bits per heavy atom. The Morgan fingerprint density at radius 3 is 2.34 bits per heavy atom. The number of nitrogens with zero attached hydrogens (tertiary/aromatic N) is 6. The van der Waals surface area contributed by atoms with Crippen LogP contribution in [0.15, 0.2) is 72.0 Å². The first kappa shape index (κ1) is 20.1. The number of hydrogen-bond donors (Lipinski definition) is 2. The van der Waals surface area contributed by atoms with Gasteiger partial charge in [0.2, 0.25) is 10.0 Å². The molecule has 4 N–H and O–H groups in total. The lowest BCUT2D eigenvalue weighted by molar-refractivity contribution is 0.598. The average Bonchev–Trinajstić information content (AvgIpc) is 3.37. The molecule has 0 atom stereocenters. The normalized spacial score (nSPS) is 11.8. The molecule has 3 heterocycles. The van der Waals surface area contributed by atoms with Gasteiger partial charge in [-0.15, -0.1) is 0 Å². The van der Waals surface area contributed by atoms with Gasteiger partial charge in [-0.3, -0.25) is 0 Å². The molecule has 160 valence electrons. The number of benzene rings is 2. The van der Waals surface area contributed by atoms with Crippen molar-refractivity contribution in [3.05, 3.63) is 72.1 Å². The lowest BCUT2D eigenvalue weighted by Gasteiger charge is -2.06. The van der Waals surface area contributed by atoms with Crippen molar-refractivity contribution in [2.75, 3.05) is 5.73 Å². The van der Waals surface area contributed by atoms with E-state index in [4.69, 9.17) is 22.5 Å². The fourth-order valence-electron chi connectivity index (χ4n) is 3.29. The Morgan fingerprint density at radius 1 is 0.938 bits per heavy atom. The van der Waals surface area contributed by atoms with E-state index in [9.17, 15) is 8.42 Å². The van der Waals surface area contributed by atoms with Crippen molar-refractivity contribution < 1.29 is 8.42 Å². The molecule has 0 unspecified atom stereocenters. The molecule has 0 aliphatic heterocycles. The molecule has 0 amide bonds. The monoisotopic (exact) mass is 466 g/mol. The van der Waals surface area contributed by atoms with Crippen LogP contribution >= 0.6 is 11.6 Å². The highest BCUT2D eigenvalue weighted by atomic mass is 35.5. The molecule has 2 aromatic carbocycles. The van der Waals surface area contributed by atoms with E-state index in [0.29, 0.717) is 39.1 Å². The van der Waals surface area contributed by atoms with Crippen molar-refractivity contribution in [2.24, 2.45) is 5.14 Å². The minimum absolute atomic E-state index is 0.00655. The van der Waals surface area contributed by atoms with Crippen molar-refractivity contribution in [2.45, 2.75) is 4.90 Å². The highest BCUT2D eigenvalue weighted by Crippen LogP contribution is 2.27. The number of nitrogens with two attached hydrogens (primary N) is 2. The predicted molar refractivity (Wildman–Crippen MR) is 120 cm³/mol. The smallest absolute Gasteiger partial charge is 0.238 e. The zero-order chi connectivity index (χ0) is 22.5. The van der Waals surface area contributed by atoms with Crippen LogP contribution in [0.2, 0.25) is 5.02 Å². The average molecular weight is 467 g/mol. The van der Waals surface area contributed by atoms with Gasteiger partial charge in [-0.05, 0) is 36.4 Å². The van der Waals surface area contributed by atoms with E-state index in [1.54, 1.807) is 41.2 Å². The molecular formula is C20H15ClN8O2S. The van der Waals surface area contributed by atoms with Crippen molar-refractivity contribution in [3.63, 3.8) is 0 Å². The number of fused-ring (bicyclic) bond motifs is 1. The molecule has 0 fully saturated rings. The molecule has 5 aromatic rings. The minimum Gasteiger partial charge on any atom is -0.384 e. The summed E-state index contributed by atoms with van der Waals surface area (Å²) in [6, 6.07) is 15.0. The van der Waals surface area contributed by atoms with E-state index in [2.05, 4.69) is 20.2 Å². The first-order valence-electron chi connectivity index (χ1n) is 9.25. The summed E-state index contributed by atoms with van der Waals surface area (Å²) in [5.74, 6) is 0.848. The summed E-state index contributed by atoms with van der Waals surface area (Å²) < 4.78 is 26.1. The third kappa shape index (κ3) is 3.47. The summed E-state index contributed by atoms with van der Waals surface area (Å²) in [7, 11) is -3.79. The van der Waals surface area contributed by atoms with Gasteiger partial charge in [-0.1, -0.05) is 23.7 Å². The van der Waals surface area contributed by atoms with E-state index in [1.807, 2.05) is 12.1 Å². The quantitative estimate of drug-likeness (QED) is 0.413. The van der Waals surface area contributed by atoms with Crippen LogP contribution in [0.4, 0.5) is 5.82 Å². The van der Waals surface area contributed by atoms with Gasteiger partial charge in [0.25, 0.3) is 0 Å². The third-order valence-electron chi connectivity index (χ3n) is 4.83. The van der Waals surface area contributed by atoms with E-state index >= 15 is 0 Å². The highest BCUT2D eigenvalue weighted by Gasteiger charge is 2.17. The van der Waals surface area contributed by atoms with E-state index in [1.165, 1.54) is 23.1 Å². The van der Waals surface area contributed by atoms with Crippen LogP contribution in [0.3, 0.4) is 0 Å². The Labute approximate surface area is 187 Å². The number of hydrogen-bond acceptors (Lipinski definition) is 7. The van der Waals surface area contributed by atoms with Gasteiger partial charge in [0.05, 0.1) is 27.9 Å². The molecule has 0 bridgehead atoms. The lowest BCUT2D eigenvalue weighted by Crippen LogP contribution is -2.12. The number of anilines is 1. The van der Waals surface area contributed by atoms with Gasteiger partial charge in [0.1, 0.15) is 12.1 Å². The van der Waals surface area contributed by atoms with E-state index < -0.39 is 10.0 Å². The molecule has 0 aliphatic carbocycles. The van der Waals surface area contributed by atoms with Crippen LogP contribution in [-0.4, -0.2) is 37.9 Å². The molecule has 3 aromatic heterocycles. The number of nitrogen functional groups attached to an aromatic ring is 1. The summed E-state index contributed by atoms with van der Waals surface area (Å²) >= 11 is 5.97. The van der Waals surface area contributed by atoms with Crippen LogP contribution < -0.4 is 10.9 Å². The van der Waals surface area contributed by atoms with Gasteiger partial charge in [0.15, 0.2) is 11.5 Å². The number of sulfonamides is 1. The molecule has 0 spiro atoms. The van der Waals surface area contributed by atoms with Crippen molar-refractivity contribution in [1.29, 1.82) is 0 Å². The number of halogens is 1. The van der Waals surface area contributed by atoms with Crippen LogP contribution in [-0.2, 0) is 10.0 Å². The van der Waals surface area contributed by atoms with Crippen molar-refractivity contribution in [1.82, 2.24) is 29.5 Å². The zero-order valence-corrected chi connectivity index (χ0v) is 17.9. The molecule has 5 rings (SSSR count). The fraction of sp³-hybridized carbons (Fsp3) is 0. The SMILES string of the molecule is Nc1cc(-c2ccc(Cl)cc2)nn1-c1ncnc2c1cnn2-c1ccc(S(N)(=O)=O)cc1. The van der Waals surface area contributed by atoms with Gasteiger partial charge in [-0.25, -0.2) is 28.2 Å². The Bertz CT molecular complexity index is 1560. The maximum absolute atomic E-state index is 11.5. The van der Waals surface area contributed by atoms with Gasteiger partial charge < -0.3 is 5.73 Å². The second-order valence-corrected chi connectivity index (χ2v) is 8.90. The summed E-state index contributed by atoms with van der Waals surface area (Å²) in [5, 5.41) is 15.4. The second kappa shape index (κ2) is 7.41. The summed E-state index contributed by atoms with van der Waals surface area (Å²) in [5.41, 5.74) is 8.85. The molecule has 32 heavy (non-hydrogen) atoms. The Balaban J connectivity index is 1.59. The summed E-state index contributed by atoms with van der Waals surface area (Å²) in [6.07, 6.45) is 2.99. The topological polar surface area (TPSA) is 148 Å². The first-order valence-corrected chi connectivity index (χ1v) is 11.2. The van der Waals surface area contributed by atoms with E-state index in [-0.39, 0.29) is 4.90 Å². The largest absolute Gasteiger partial charge is 0.384 e. The number of primary sulfonamides is 1. The van der Waals surface area contributed by atoms with Crippen LogP contribution in [0.1, 0.15) is 0 Å². The number of aromatic nitrogens is 6. The van der Waals surface area contributed by atoms with Gasteiger partial charge in [-0.2, -0.15) is 14.9 Å². The standard InChI is InChI=1S/C20H15ClN8O2S/c21-13-3-1-12(2-4-13)17-9-18(22)29(27-17)20-16-10-26-28(19(16)24-11-25-20)14-5-7-15(8-6-14)32(23,30)31/h1-11H,22H2,(H2,23,30,31). The first-order chi connectivity index (χ1) is 15.3. The predicted octanol–water partition coefficient (Wildman–Crippen LogP) is 2.55. The second-order valence-electron chi connectivity index (χ2n) is 6.90. The van der Waals surface area contributed by atoms with Crippen LogP contribution in [0, 0.1) is 0 Å². The van der Waals surface area contributed by atoms with E-state index in [0.717, 1.165) is 5.56 Å². The molecule has 0 radical (unpaired) electrons. The summed E-state index contributed by atoms with van der Waals surface area (Å²) in [6.45, 7) is 0. The van der Waals surface area contributed by atoms with Crippen LogP contribution in [0.25, 0.3) is 33.8 Å². The molecule has 0 saturated heterocycles. The highest BCUT2D eigenvalue weighted by molar-refractivity contribution is 7.89. The number of rotatable bonds is 4. The van der Waals surface area contributed by atoms with Crippen LogP contribution in [0.5, 0.6) is 0 Å². The van der Waals surface area contributed by atoms with Crippen molar-refractivity contribution in [3.8, 4) is 22.8 Å². The summed E-state index contributed by atoms with van der Waals surface area (Å²) in [4.78, 5) is 8.69. The maximum Gasteiger partial charge on any atom is 0.238 e. The Kier molecular flexibility index (Phi) is 4.66.